The van der Waals surface area contributed by atoms with Crippen molar-refractivity contribution in [2.24, 2.45) is 0 Å². The van der Waals surface area contributed by atoms with Crippen LogP contribution in [0.5, 0.6) is 0 Å². The summed E-state index contributed by atoms with van der Waals surface area (Å²) in [6, 6.07) is 7.72. The van der Waals surface area contributed by atoms with Crippen molar-refractivity contribution in [2.45, 2.75) is 19.0 Å². The number of hydrogen-bond donors (Lipinski definition) is 2. The van der Waals surface area contributed by atoms with E-state index in [1.165, 1.54) is 17.1 Å². The van der Waals surface area contributed by atoms with E-state index >= 15 is 0 Å². The fourth-order valence-electron chi connectivity index (χ4n) is 1.58. The van der Waals surface area contributed by atoms with E-state index in [1.54, 1.807) is 6.08 Å². The summed E-state index contributed by atoms with van der Waals surface area (Å²) in [6.07, 6.45) is 2.66. The minimum Gasteiger partial charge on any atom is -0.375 e. The maximum atomic E-state index is 9.77. The standard InChI is InChI=1S/C15H19NO2/c1-4-12-7-9-13(10-8-12)11-16(14(17)5-2)15(18)6-3/h4-10,14-15,17-18H,1-3,11H2. The van der Waals surface area contributed by atoms with Gasteiger partial charge in [0.05, 0.1) is 0 Å². The number of hydrogen-bond acceptors (Lipinski definition) is 3. The molecule has 0 saturated heterocycles. The molecule has 2 atom stereocenters. The molecule has 0 amide bonds. The first-order chi connectivity index (χ1) is 8.62. The monoisotopic (exact) mass is 245 g/mol. The Labute approximate surface area is 108 Å². The highest BCUT2D eigenvalue weighted by molar-refractivity contribution is 5.47. The summed E-state index contributed by atoms with van der Waals surface area (Å²) in [4.78, 5) is 1.48. The van der Waals surface area contributed by atoms with Crippen LogP contribution in [0.1, 0.15) is 11.1 Å². The first-order valence-electron chi connectivity index (χ1n) is 5.70. The minimum atomic E-state index is -0.919. The highest BCUT2D eigenvalue weighted by Crippen LogP contribution is 2.13. The van der Waals surface area contributed by atoms with Crippen LogP contribution in [0.3, 0.4) is 0 Å². The van der Waals surface area contributed by atoms with Gasteiger partial charge in [0.15, 0.2) is 0 Å². The molecule has 0 radical (unpaired) electrons. The van der Waals surface area contributed by atoms with E-state index in [9.17, 15) is 10.2 Å². The maximum absolute atomic E-state index is 9.77. The average Bonchev–Trinajstić information content (AvgIpc) is 2.43. The summed E-state index contributed by atoms with van der Waals surface area (Å²) >= 11 is 0. The largest absolute Gasteiger partial charge is 0.375 e. The molecule has 3 nitrogen and oxygen atoms in total. The maximum Gasteiger partial charge on any atom is 0.128 e. The summed E-state index contributed by atoms with van der Waals surface area (Å²) < 4.78 is 0. The molecule has 0 bridgehead atoms. The lowest BCUT2D eigenvalue weighted by Crippen LogP contribution is -2.40. The third-order valence-electron chi connectivity index (χ3n) is 2.68. The van der Waals surface area contributed by atoms with Crippen molar-refractivity contribution in [2.75, 3.05) is 0 Å². The predicted molar refractivity (Wildman–Crippen MR) is 74.5 cm³/mol. The Balaban J connectivity index is 2.84. The smallest absolute Gasteiger partial charge is 0.128 e. The van der Waals surface area contributed by atoms with Gasteiger partial charge < -0.3 is 10.2 Å². The topological polar surface area (TPSA) is 43.7 Å². The first kappa shape index (κ1) is 14.4. The third kappa shape index (κ3) is 3.67. The van der Waals surface area contributed by atoms with Crippen LogP contribution < -0.4 is 0 Å². The van der Waals surface area contributed by atoms with Gasteiger partial charge in [-0.05, 0) is 23.3 Å². The molecule has 0 spiro atoms. The number of aliphatic hydroxyl groups is 2. The van der Waals surface area contributed by atoms with Crippen molar-refractivity contribution in [3.8, 4) is 0 Å². The second kappa shape index (κ2) is 6.91. The van der Waals surface area contributed by atoms with E-state index in [0.717, 1.165) is 11.1 Å². The predicted octanol–water partition coefficient (Wildman–Crippen LogP) is 2.14. The Morgan fingerprint density at radius 1 is 1.00 bits per heavy atom. The molecule has 96 valence electrons. The zero-order valence-corrected chi connectivity index (χ0v) is 10.4. The number of rotatable bonds is 7. The van der Waals surface area contributed by atoms with E-state index < -0.39 is 12.5 Å². The van der Waals surface area contributed by atoms with Crippen LogP contribution in [0.2, 0.25) is 0 Å². The van der Waals surface area contributed by atoms with Gasteiger partial charge in [0.2, 0.25) is 0 Å². The molecule has 0 saturated carbocycles. The van der Waals surface area contributed by atoms with Gasteiger partial charge in [0, 0.05) is 6.54 Å². The molecule has 3 heteroatoms. The zero-order chi connectivity index (χ0) is 13.5. The molecule has 1 rings (SSSR count). The number of aliphatic hydroxyl groups excluding tert-OH is 2. The van der Waals surface area contributed by atoms with Crippen LogP contribution in [-0.4, -0.2) is 27.6 Å². The van der Waals surface area contributed by atoms with Crippen LogP contribution in [0.25, 0.3) is 6.08 Å². The fraction of sp³-hybridized carbons (Fsp3) is 0.200. The normalized spacial score (nSPS) is 13.9. The third-order valence-corrected chi connectivity index (χ3v) is 2.68. The summed E-state index contributed by atoms with van der Waals surface area (Å²) in [5.41, 5.74) is 2.00. The Morgan fingerprint density at radius 2 is 1.50 bits per heavy atom. The van der Waals surface area contributed by atoms with E-state index in [-0.39, 0.29) is 0 Å². The van der Waals surface area contributed by atoms with Crippen molar-refractivity contribution >= 4 is 6.08 Å². The van der Waals surface area contributed by atoms with Crippen molar-refractivity contribution in [1.29, 1.82) is 0 Å². The summed E-state index contributed by atoms with van der Waals surface area (Å²) in [5, 5.41) is 19.5. The quantitative estimate of drug-likeness (QED) is 0.571. The molecule has 2 N–H and O–H groups in total. The van der Waals surface area contributed by atoms with Crippen LogP contribution in [-0.2, 0) is 6.54 Å². The molecular formula is C15H19NO2. The van der Waals surface area contributed by atoms with Gasteiger partial charge in [-0.3, -0.25) is 0 Å². The molecule has 0 aliphatic carbocycles. The van der Waals surface area contributed by atoms with Gasteiger partial charge in [0.1, 0.15) is 12.5 Å². The molecule has 1 aromatic rings. The molecule has 18 heavy (non-hydrogen) atoms. The van der Waals surface area contributed by atoms with Crippen LogP contribution in [0.15, 0.2) is 56.2 Å². The van der Waals surface area contributed by atoms with E-state index in [0.29, 0.717) is 6.54 Å². The van der Waals surface area contributed by atoms with Gasteiger partial charge >= 0.3 is 0 Å². The van der Waals surface area contributed by atoms with Gasteiger partial charge in [-0.25, -0.2) is 4.90 Å². The minimum absolute atomic E-state index is 0.401. The molecule has 0 aromatic heterocycles. The average molecular weight is 245 g/mol. The first-order valence-corrected chi connectivity index (χ1v) is 5.70. The SMILES string of the molecule is C=Cc1ccc(CN(C(O)C=C)C(O)C=C)cc1. The number of nitrogens with zero attached hydrogens (tertiary/aromatic N) is 1. The highest BCUT2D eigenvalue weighted by Gasteiger charge is 2.18. The summed E-state index contributed by atoms with van der Waals surface area (Å²) in [6.45, 7) is 11.1. The Kier molecular flexibility index (Phi) is 5.52. The van der Waals surface area contributed by atoms with E-state index in [4.69, 9.17) is 0 Å². The molecule has 0 aliphatic rings. The van der Waals surface area contributed by atoms with Crippen LogP contribution >= 0.6 is 0 Å². The highest BCUT2D eigenvalue weighted by atomic mass is 16.3. The van der Waals surface area contributed by atoms with Crippen molar-refractivity contribution in [3.05, 3.63) is 67.3 Å². The van der Waals surface area contributed by atoms with Gasteiger partial charge in [-0.15, -0.1) is 0 Å². The Morgan fingerprint density at radius 3 is 1.89 bits per heavy atom. The van der Waals surface area contributed by atoms with Gasteiger partial charge in [-0.1, -0.05) is 50.1 Å². The van der Waals surface area contributed by atoms with Crippen molar-refractivity contribution in [3.63, 3.8) is 0 Å². The second-order valence-corrected chi connectivity index (χ2v) is 3.92. The van der Waals surface area contributed by atoms with Gasteiger partial charge in [0.25, 0.3) is 0 Å². The number of benzene rings is 1. The summed E-state index contributed by atoms with van der Waals surface area (Å²) in [7, 11) is 0. The van der Waals surface area contributed by atoms with Crippen molar-refractivity contribution in [1.82, 2.24) is 4.90 Å². The Hall–Kier alpha value is -1.68. The molecule has 1 aromatic carbocycles. The Bertz CT molecular complexity index is 397. The van der Waals surface area contributed by atoms with Crippen molar-refractivity contribution < 1.29 is 10.2 Å². The molecule has 0 heterocycles. The molecule has 2 unspecified atom stereocenters. The second-order valence-electron chi connectivity index (χ2n) is 3.92. The van der Waals surface area contributed by atoms with Gasteiger partial charge in [-0.2, -0.15) is 0 Å². The van der Waals surface area contributed by atoms with E-state index in [1.807, 2.05) is 24.3 Å². The lowest BCUT2D eigenvalue weighted by molar-refractivity contribution is -0.0617. The van der Waals surface area contributed by atoms with Crippen LogP contribution in [0.4, 0.5) is 0 Å². The molecular weight excluding hydrogens is 226 g/mol. The summed E-state index contributed by atoms with van der Waals surface area (Å²) in [5.74, 6) is 0. The van der Waals surface area contributed by atoms with E-state index in [2.05, 4.69) is 19.7 Å². The fourth-order valence-corrected chi connectivity index (χ4v) is 1.58. The van der Waals surface area contributed by atoms with Crippen LogP contribution in [0, 0.1) is 0 Å². The lowest BCUT2D eigenvalue weighted by Gasteiger charge is -2.28. The zero-order valence-electron chi connectivity index (χ0n) is 10.4. The molecule has 0 aliphatic heterocycles. The lowest BCUT2D eigenvalue weighted by atomic mass is 10.1. The molecule has 0 fully saturated rings.